The van der Waals surface area contributed by atoms with Crippen LogP contribution in [0.15, 0.2) is 24.3 Å². The van der Waals surface area contributed by atoms with E-state index in [-0.39, 0.29) is 6.61 Å². The minimum Gasteiger partial charge on any atom is -0.497 e. The number of likely N-dealkylation sites (tertiary alicyclic amines) is 1. The topological polar surface area (TPSA) is 73.2 Å². The number of β-amino-alcohol motifs (C(OH)–C–C–N with tert-alkyl or cyclic N) is 1. The van der Waals surface area contributed by atoms with E-state index in [4.69, 9.17) is 4.74 Å². The second-order valence-electron chi connectivity index (χ2n) is 4.59. The molecule has 3 atom stereocenters. The van der Waals surface area contributed by atoms with Gasteiger partial charge in [0, 0.05) is 13.1 Å². The number of hydrogen-bond acceptors (Lipinski definition) is 5. The number of benzene rings is 1. The number of methoxy groups -OCH3 is 1. The predicted molar refractivity (Wildman–Crippen MR) is 66.3 cm³/mol. The molecule has 2 rings (SSSR count). The highest BCUT2D eigenvalue weighted by atomic mass is 16.5. The minimum absolute atomic E-state index is 0.158. The molecular formula is C13H19NO4. The molecular weight excluding hydrogens is 234 g/mol. The van der Waals surface area contributed by atoms with Gasteiger partial charge >= 0.3 is 0 Å². The molecule has 0 amide bonds. The number of rotatable bonds is 4. The molecule has 0 aromatic heterocycles. The van der Waals surface area contributed by atoms with Crippen molar-refractivity contribution in [2.75, 3.05) is 20.3 Å². The molecule has 100 valence electrons. The zero-order chi connectivity index (χ0) is 13.1. The summed E-state index contributed by atoms with van der Waals surface area (Å²) in [5.74, 6) is 0.791. The van der Waals surface area contributed by atoms with Crippen molar-refractivity contribution < 1.29 is 20.1 Å². The van der Waals surface area contributed by atoms with Gasteiger partial charge < -0.3 is 20.1 Å². The molecule has 0 saturated carbocycles. The summed E-state index contributed by atoms with van der Waals surface area (Å²) in [6.45, 7) is 0.802. The maximum Gasteiger partial charge on any atom is 0.118 e. The molecule has 3 unspecified atom stereocenters. The third-order valence-corrected chi connectivity index (χ3v) is 3.41. The van der Waals surface area contributed by atoms with Crippen LogP contribution in [0.1, 0.15) is 5.56 Å². The van der Waals surface area contributed by atoms with Gasteiger partial charge in [-0.2, -0.15) is 0 Å². The molecule has 0 aliphatic carbocycles. The first-order chi connectivity index (χ1) is 8.65. The molecule has 5 nitrogen and oxygen atoms in total. The van der Waals surface area contributed by atoms with Crippen molar-refractivity contribution in [3.05, 3.63) is 29.8 Å². The van der Waals surface area contributed by atoms with Crippen LogP contribution in [0.3, 0.4) is 0 Å². The normalized spacial score (nSPS) is 28.6. The van der Waals surface area contributed by atoms with E-state index in [0.717, 1.165) is 11.3 Å². The van der Waals surface area contributed by atoms with E-state index in [9.17, 15) is 15.3 Å². The molecule has 1 heterocycles. The van der Waals surface area contributed by atoms with Crippen LogP contribution in [-0.4, -0.2) is 58.7 Å². The maximum atomic E-state index is 9.72. The fraction of sp³-hybridized carbons (Fsp3) is 0.538. The number of aliphatic hydroxyl groups is 3. The molecule has 18 heavy (non-hydrogen) atoms. The van der Waals surface area contributed by atoms with Gasteiger partial charge in [0.05, 0.1) is 32.0 Å². The molecule has 3 N–H and O–H groups in total. The van der Waals surface area contributed by atoms with Gasteiger partial charge in [-0.15, -0.1) is 0 Å². The smallest absolute Gasteiger partial charge is 0.118 e. The van der Waals surface area contributed by atoms with Gasteiger partial charge in [-0.1, -0.05) is 12.1 Å². The van der Waals surface area contributed by atoms with E-state index in [1.807, 2.05) is 29.2 Å². The lowest BCUT2D eigenvalue weighted by Crippen LogP contribution is -2.38. The molecule has 1 aliphatic heterocycles. The van der Waals surface area contributed by atoms with E-state index in [0.29, 0.717) is 13.1 Å². The van der Waals surface area contributed by atoms with Crippen molar-refractivity contribution in [3.63, 3.8) is 0 Å². The molecule has 1 aliphatic rings. The summed E-state index contributed by atoms with van der Waals surface area (Å²) in [5.41, 5.74) is 1.05. The predicted octanol–water partition coefficient (Wildman–Crippen LogP) is -0.407. The molecule has 1 aromatic rings. The van der Waals surface area contributed by atoms with E-state index >= 15 is 0 Å². The number of nitrogens with zero attached hydrogens (tertiary/aromatic N) is 1. The molecule has 1 aromatic carbocycles. The summed E-state index contributed by atoms with van der Waals surface area (Å²) in [4.78, 5) is 1.89. The van der Waals surface area contributed by atoms with Crippen molar-refractivity contribution in [3.8, 4) is 5.75 Å². The zero-order valence-corrected chi connectivity index (χ0v) is 10.4. The van der Waals surface area contributed by atoms with Crippen LogP contribution in [0, 0.1) is 0 Å². The zero-order valence-electron chi connectivity index (χ0n) is 10.4. The average molecular weight is 253 g/mol. The van der Waals surface area contributed by atoms with Crippen molar-refractivity contribution >= 4 is 0 Å². The highest BCUT2D eigenvalue weighted by molar-refractivity contribution is 5.27. The van der Waals surface area contributed by atoms with Gasteiger partial charge in [0.1, 0.15) is 5.75 Å². The van der Waals surface area contributed by atoms with Gasteiger partial charge in [0.25, 0.3) is 0 Å². The van der Waals surface area contributed by atoms with Gasteiger partial charge in [-0.25, -0.2) is 0 Å². The molecule has 1 fully saturated rings. The SMILES string of the molecule is COc1ccc(CN2CC(O)C(O)C2CO)cc1. The average Bonchev–Trinajstić information content (AvgIpc) is 2.65. The Kier molecular flexibility index (Phi) is 4.19. The van der Waals surface area contributed by atoms with Crippen LogP contribution in [0.2, 0.25) is 0 Å². The molecule has 1 saturated heterocycles. The molecule has 0 spiro atoms. The Morgan fingerprint density at radius 3 is 2.50 bits per heavy atom. The van der Waals surface area contributed by atoms with E-state index in [2.05, 4.69) is 0 Å². The Bertz CT molecular complexity index is 381. The summed E-state index contributed by atoms with van der Waals surface area (Å²) in [6, 6.07) is 7.20. The van der Waals surface area contributed by atoms with Gasteiger partial charge in [0.2, 0.25) is 0 Å². The largest absolute Gasteiger partial charge is 0.497 e. The van der Waals surface area contributed by atoms with Crippen molar-refractivity contribution in [1.82, 2.24) is 4.90 Å². The first-order valence-corrected chi connectivity index (χ1v) is 5.99. The summed E-state index contributed by atoms with van der Waals surface area (Å²) >= 11 is 0. The lowest BCUT2D eigenvalue weighted by Gasteiger charge is -2.23. The standard InChI is InChI=1S/C13H19NO4/c1-18-10-4-2-9(3-5-10)6-14-7-12(16)13(17)11(14)8-15/h2-5,11-13,15-17H,6-8H2,1H3. The Morgan fingerprint density at radius 2 is 1.94 bits per heavy atom. The third kappa shape index (κ3) is 2.64. The summed E-state index contributed by atoms with van der Waals surface area (Å²) in [5, 5.41) is 28.6. The summed E-state index contributed by atoms with van der Waals surface area (Å²) < 4.78 is 5.08. The first kappa shape index (κ1) is 13.3. The third-order valence-electron chi connectivity index (χ3n) is 3.41. The first-order valence-electron chi connectivity index (χ1n) is 5.99. The van der Waals surface area contributed by atoms with Crippen molar-refractivity contribution in [1.29, 1.82) is 0 Å². The van der Waals surface area contributed by atoms with Crippen LogP contribution in [0.25, 0.3) is 0 Å². The van der Waals surface area contributed by atoms with Crippen molar-refractivity contribution in [2.24, 2.45) is 0 Å². The van der Waals surface area contributed by atoms with Gasteiger partial charge in [-0.05, 0) is 17.7 Å². The summed E-state index contributed by atoms with van der Waals surface area (Å²) in [6.07, 6.45) is -1.67. The second kappa shape index (κ2) is 5.67. The van der Waals surface area contributed by atoms with Gasteiger partial charge in [0.15, 0.2) is 0 Å². The highest BCUT2D eigenvalue weighted by Gasteiger charge is 2.39. The van der Waals surface area contributed by atoms with Crippen LogP contribution >= 0.6 is 0 Å². The van der Waals surface area contributed by atoms with Crippen LogP contribution in [0.4, 0.5) is 0 Å². The summed E-state index contributed by atoms with van der Waals surface area (Å²) in [7, 11) is 1.62. The Labute approximate surface area is 106 Å². The molecule has 0 radical (unpaired) electrons. The monoisotopic (exact) mass is 253 g/mol. The lowest BCUT2D eigenvalue weighted by molar-refractivity contribution is 0.0210. The van der Waals surface area contributed by atoms with Crippen LogP contribution in [0.5, 0.6) is 5.75 Å². The van der Waals surface area contributed by atoms with E-state index in [1.54, 1.807) is 7.11 Å². The quantitative estimate of drug-likeness (QED) is 0.680. The number of hydrogen-bond donors (Lipinski definition) is 3. The Hall–Kier alpha value is -1.14. The molecule has 0 bridgehead atoms. The van der Waals surface area contributed by atoms with Gasteiger partial charge in [-0.3, -0.25) is 4.90 Å². The Balaban J connectivity index is 2.04. The minimum atomic E-state index is -0.881. The lowest BCUT2D eigenvalue weighted by atomic mass is 10.1. The fourth-order valence-corrected chi connectivity index (χ4v) is 2.33. The van der Waals surface area contributed by atoms with E-state index in [1.165, 1.54) is 0 Å². The van der Waals surface area contributed by atoms with E-state index < -0.39 is 18.2 Å². The maximum absolute atomic E-state index is 9.72. The second-order valence-corrected chi connectivity index (χ2v) is 4.59. The Morgan fingerprint density at radius 1 is 1.28 bits per heavy atom. The molecule has 5 heteroatoms. The van der Waals surface area contributed by atoms with Crippen molar-refractivity contribution in [2.45, 2.75) is 24.8 Å². The fourth-order valence-electron chi connectivity index (χ4n) is 2.33. The number of aliphatic hydroxyl groups excluding tert-OH is 3. The van der Waals surface area contributed by atoms with Crippen LogP contribution in [-0.2, 0) is 6.54 Å². The van der Waals surface area contributed by atoms with Crippen LogP contribution < -0.4 is 4.74 Å². The highest BCUT2D eigenvalue weighted by Crippen LogP contribution is 2.21. The number of ether oxygens (including phenoxy) is 1.